The Bertz CT molecular complexity index is 926. The molecule has 168 valence electrons. The second-order valence-corrected chi connectivity index (χ2v) is 7.31. The highest BCUT2D eigenvalue weighted by atomic mass is 19.1. The Kier molecular flexibility index (Phi) is 7.50. The van der Waals surface area contributed by atoms with E-state index >= 15 is 0 Å². The van der Waals surface area contributed by atoms with Gasteiger partial charge in [0.1, 0.15) is 24.0 Å². The topological polar surface area (TPSA) is 91.8 Å². The third-order valence-corrected chi connectivity index (χ3v) is 5.43. The smallest absolute Gasteiger partial charge is 0.306 e. The fraction of sp³-hybridized carbons (Fsp3) is 0.500. The molecule has 0 saturated carbocycles. The second kappa shape index (κ2) is 10.3. The number of guanidine groups is 1. The van der Waals surface area contributed by atoms with Crippen LogP contribution in [0, 0.1) is 21.7 Å². The molecule has 1 atom stereocenters. The van der Waals surface area contributed by atoms with Gasteiger partial charge in [-0.3, -0.25) is 24.7 Å². The number of aliphatic imine (C=N–C) groups is 1. The van der Waals surface area contributed by atoms with E-state index in [1.165, 1.54) is 29.2 Å². The van der Waals surface area contributed by atoms with Crippen molar-refractivity contribution < 1.29 is 13.7 Å². The monoisotopic (exact) mass is 435 g/mol. The maximum atomic E-state index is 14.3. The first-order valence-corrected chi connectivity index (χ1v) is 10.2. The minimum atomic E-state index is -0.569. The number of hydrogen-bond acceptors (Lipinski definition) is 5. The van der Waals surface area contributed by atoms with Gasteiger partial charge < -0.3 is 10.2 Å². The van der Waals surface area contributed by atoms with Gasteiger partial charge in [0, 0.05) is 57.4 Å². The number of hydrogen-bond donors (Lipinski definition) is 1. The number of halogens is 2. The molecule has 31 heavy (non-hydrogen) atoms. The van der Waals surface area contributed by atoms with Crippen LogP contribution < -0.4 is 5.32 Å². The molecule has 11 heteroatoms. The summed E-state index contributed by atoms with van der Waals surface area (Å²) in [5.74, 6) is -0.339. The van der Waals surface area contributed by atoms with E-state index in [0.717, 1.165) is 31.5 Å². The Hall–Kier alpha value is -3.08. The third kappa shape index (κ3) is 5.54. The summed E-state index contributed by atoms with van der Waals surface area (Å²) in [6.45, 7) is 5.86. The van der Waals surface area contributed by atoms with Crippen molar-refractivity contribution in [3.05, 3.63) is 57.9 Å². The van der Waals surface area contributed by atoms with Gasteiger partial charge in [-0.15, -0.1) is 0 Å². The molecule has 0 amide bonds. The van der Waals surface area contributed by atoms with E-state index in [0.29, 0.717) is 31.7 Å². The molecule has 1 aliphatic heterocycles. The molecule has 0 aliphatic carbocycles. The molecular weight excluding hydrogens is 408 g/mol. The number of nitrogens with zero attached hydrogens (tertiary/aromatic N) is 6. The summed E-state index contributed by atoms with van der Waals surface area (Å²) in [7, 11) is 1.70. The summed E-state index contributed by atoms with van der Waals surface area (Å²) in [5, 5.41) is 18.0. The average molecular weight is 435 g/mol. The predicted octanol–water partition coefficient (Wildman–Crippen LogP) is 2.41. The molecule has 9 nitrogen and oxygen atoms in total. The summed E-state index contributed by atoms with van der Waals surface area (Å²) >= 11 is 0. The number of benzene rings is 1. The minimum Gasteiger partial charge on any atom is -0.354 e. The van der Waals surface area contributed by atoms with Crippen LogP contribution in [0.2, 0.25) is 0 Å². The Morgan fingerprint density at radius 3 is 2.65 bits per heavy atom. The molecular formula is C20H27F2N7O2. The summed E-state index contributed by atoms with van der Waals surface area (Å²) in [4.78, 5) is 18.9. The zero-order valence-corrected chi connectivity index (χ0v) is 17.7. The van der Waals surface area contributed by atoms with Crippen molar-refractivity contribution in [1.29, 1.82) is 0 Å². The molecule has 2 heterocycles. The lowest BCUT2D eigenvalue weighted by atomic mass is 10.0. The standard InChI is InChI=1S/C20H27F2N7O2/c1-3-19(17-5-4-15(21)12-18(17)22)26-8-10-27(11-9-26)20(23-2)24-6-7-28-14-16(13-25-28)29(30)31/h4-5,12-14,19H,3,6-11H2,1-2H3,(H,23,24). The van der Waals surface area contributed by atoms with E-state index in [9.17, 15) is 18.9 Å². The third-order valence-electron chi connectivity index (χ3n) is 5.43. The van der Waals surface area contributed by atoms with Gasteiger partial charge >= 0.3 is 5.69 Å². The van der Waals surface area contributed by atoms with Gasteiger partial charge in [-0.2, -0.15) is 5.10 Å². The Morgan fingerprint density at radius 1 is 1.32 bits per heavy atom. The summed E-state index contributed by atoms with van der Waals surface area (Å²) < 4.78 is 29.1. The summed E-state index contributed by atoms with van der Waals surface area (Å²) in [6.07, 6.45) is 3.34. The van der Waals surface area contributed by atoms with Crippen molar-refractivity contribution in [3.8, 4) is 0 Å². The molecule has 1 aliphatic rings. The SMILES string of the molecule is CCC(c1ccc(F)cc1F)N1CCN(C(=NC)NCCn2cc([N+](=O)[O-])cn2)CC1. The average Bonchev–Trinajstić information content (AvgIpc) is 3.23. The van der Waals surface area contributed by atoms with E-state index < -0.39 is 16.6 Å². The van der Waals surface area contributed by atoms with Gasteiger partial charge in [0.05, 0.1) is 11.5 Å². The second-order valence-electron chi connectivity index (χ2n) is 7.31. The van der Waals surface area contributed by atoms with E-state index in [1.807, 2.05) is 6.92 Å². The molecule has 1 saturated heterocycles. The first-order chi connectivity index (χ1) is 14.9. The van der Waals surface area contributed by atoms with Crippen LogP contribution in [-0.2, 0) is 6.54 Å². The summed E-state index contributed by atoms with van der Waals surface area (Å²) in [6, 6.07) is 3.67. The van der Waals surface area contributed by atoms with Crippen molar-refractivity contribution in [2.75, 3.05) is 39.8 Å². The van der Waals surface area contributed by atoms with Gasteiger partial charge in [0.2, 0.25) is 0 Å². The number of piperazine rings is 1. The maximum absolute atomic E-state index is 14.3. The zero-order chi connectivity index (χ0) is 22.4. The first kappa shape index (κ1) is 22.6. The lowest BCUT2D eigenvalue weighted by molar-refractivity contribution is -0.385. The Labute approximate surface area is 179 Å². The van der Waals surface area contributed by atoms with E-state index in [2.05, 4.69) is 25.2 Å². The molecule has 3 rings (SSSR count). The van der Waals surface area contributed by atoms with Crippen molar-refractivity contribution in [1.82, 2.24) is 24.9 Å². The van der Waals surface area contributed by atoms with Gasteiger partial charge in [0.25, 0.3) is 0 Å². The normalized spacial score (nSPS) is 16.4. The number of nitrogens with one attached hydrogen (secondary N) is 1. The molecule has 0 radical (unpaired) electrons. The fourth-order valence-electron chi connectivity index (χ4n) is 3.88. The lowest BCUT2D eigenvalue weighted by Crippen LogP contribution is -2.53. The van der Waals surface area contributed by atoms with Crippen LogP contribution in [0.1, 0.15) is 24.9 Å². The highest BCUT2D eigenvalue weighted by molar-refractivity contribution is 5.79. The largest absolute Gasteiger partial charge is 0.354 e. The van der Waals surface area contributed by atoms with E-state index in [-0.39, 0.29) is 11.7 Å². The predicted molar refractivity (Wildman–Crippen MR) is 113 cm³/mol. The molecule has 2 aromatic rings. The summed E-state index contributed by atoms with van der Waals surface area (Å²) in [5.41, 5.74) is 0.483. The number of rotatable bonds is 7. The van der Waals surface area contributed by atoms with Crippen molar-refractivity contribution in [3.63, 3.8) is 0 Å². The first-order valence-electron chi connectivity index (χ1n) is 10.2. The van der Waals surface area contributed by atoms with E-state index in [4.69, 9.17) is 0 Å². The minimum absolute atomic E-state index is 0.0384. The van der Waals surface area contributed by atoms with Gasteiger partial charge in [-0.05, 0) is 12.5 Å². The molecule has 0 spiro atoms. The van der Waals surface area contributed by atoms with Crippen molar-refractivity contribution in [2.45, 2.75) is 25.9 Å². The highest BCUT2D eigenvalue weighted by Gasteiger charge is 2.27. The molecule has 1 unspecified atom stereocenters. The van der Waals surface area contributed by atoms with Crippen LogP contribution in [0.15, 0.2) is 35.6 Å². The van der Waals surface area contributed by atoms with Crippen LogP contribution in [0.5, 0.6) is 0 Å². The van der Waals surface area contributed by atoms with Crippen LogP contribution in [0.4, 0.5) is 14.5 Å². The van der Waals surface area contributed by atoms with Crippen LogP contribution in [0.25, 0.3) is 0 Å². The Balaban J connectivity index is 1.52. The fourth-order valence-corrected chi connectivity index (χ4v) is 3.88. The lowest BCUT2D eigenvalue weighted by Gasteiger charge is -2.40. The number of nitro groups is 1. The highest BCUT2D eigenvalue weighted by Crippen LogP contribution is 2.28. The van der Waals surface area contributed by atoms with Crippen LogP contribution in [0.3, 0.4) is 0 Å². The van der Waals surface area contributed by atoms with Gasteiger partial charge in [-0.25, -0.2) is 8.78 Å². The molecule has 1 N–H and O–H groups in total. The quantitative estimate of drug-likeness (QED) is 0.311. The van der Waals surface area contributed by atoms with Gasteiger partial charge in [0.15, 0.2) is 5.96 Å². The van der Waals surface area contributed by atoms with E-state index in [1.54, 1.807) is 7.05 Å². The Morgan fingerprint density at radius 2 is 2.06 bits per heavy atom. The van der Waals surface area contributed by atoms with Gasteiger partial charge in [-0.1, -0.05) is 13.0 Å². The van der Waals surface area contributed by atoms with Crippen molar-refractivity contribution >= 4 is 11.6 Å². The molecule has 0 bridgehead atoms. The molecule has 1 fully saturated rings. The molecule has 1 aromatic heterocycles. The van der Waals surface area contributed by atoms with Crippen LogP contribution in [-0.4, -0.2) is 70.2 Å². The van der Waals surface area contributed by atoms with Crippen LogP contribution >= 0.6 is 0 Å². The molecule has 1 aromatic carbocycles. The zero-order valence-electron chi connectivity index (χ0n) is 17.7. The maximum Gasteiger partial charge on any atom is 0.306 e. The number of aromatic nitrogens is 2. The van der Waals surface area contributed by atoms with Crippen molar-refractivity contribution in [2.24, 2.45) is 4.99 Å².